The van der Waals surface area contributed by atoms with Gasteiger partial charge in [0.05, 0.1) is 16.1 Å². The molecule has 6 heteroatoms. The molecule has 5 aromatic rings. The monoisotopic (exact) mass is 498 g/mol. The Morgan fingerprint density at radius 2 is 1.47 bits per heavy atom. The van der Waals surface area contributed by atoms with E-state index in [2.05, 4.69) is 30.9 Å². The minimum absolute atomic E-state index is 0.0124. The molecule has 36 heavy (non-hydrogen) atoms. The van der Waals surface area contributed by atoms with Gasteiger partial charge in [0.2, 0.25) is 5.82 Å². The molecule has 5 rings (SSSR count). The summed E-state index contributed by atoms with van der Waals surface area (Å²) in [5.41, 5.74) is 4.69. The van der Waals surface area contributed by atoms with Crippen LogP contribution >= 0.6 is 11.6 Å². The highest BCUT2D eigenvalue weighted by Crippen LogP contribution is 2.44. The summed E-state index contributed by atoms with van der Waals surface area (Å²) in [5.74, 6) is -0.465. The summed E-state index contributed by atoms with van der Waals surface area (Å²) in [5, 5.41) is 15.8. The van der Waals surface area contributed by atoms with E-state index in [-0.39, 0.29) is 33.5 Å². The molecule has 0 bridgehead atoms. The van der Waals surface area contributed by atoms with Crippen LogP contribution in [0.2, 0.25) is 5.02 Å². The van der Waals surface area contributed by atoms with E-state index in [1.54, 1.807) is 6.07 Å². The quantitative estimate of drug-likeness (QED) is 0.269. The van der Waals surface area contributed by atoms with Crippen LogP contribution < -0.4 is 0 Å². The zero-order chi connectivity index (χ0) is 25.4. The number of phenolic OH excluding ortho intramolecular Hbond substituents is 1. The van der Waals surface area contributed by atoms with Crippen molar-refractivity contribution in [3.63, 3.8) is 0 Å². The van der Waals surface area contributed by atoms with Crippen LogP contribution in [0.4, 0.5) is 4.39 Å². The first-order valence-corrected chi connectivity index (χ1v) is 11.9. The maximum absolute atomic E-state index is 14.5. The first-order valence-electron chi connectivity index (χ1n) is 11.5. The van der Waals surface area contributed by atoms with E-state index in [4.69, 9.17) is 16.1 Å². The third-order valence-corrected chi connectivity index (χ3v) is 6.44. The minimum Gasteiger partial charge on any atom is -0.507 e. The highest BCUT2D eigenvalue weighted by molar-refractivity contribution is 6.33. The Morgan fingerprint density at radius 1 is 0.806 bits per heavy atom. The van der Waals surface area contributed by atoms with Crippen LogP contribution in [0, 0.1) is 5.82 Å². The molecule has 180 valence electrons. The third-order valence-electron chi connectivity index (χ3n) is 6.12. The fourth-order valence-electron chi connectivity index (χ4n) is 4.17. The maximum Gasteiger partial charge on any atom is 0.262 e. The standard InChI is InChI=1S/C30H24ClFN2O2/c1-30(2,3)19-16-22(21-13-8-7-12-20(21)18-10-5-4-6-11-18)27(35)23(17-19)28-33-29(36-34-28)26-24(31)14-9-15-25(26)32/h4-17,35H,1-3H3. The summed E-state index contributed by atoms with van der Waals surface area (Å²) < 4.78 is 19.9. The van der Waals surface area contributed by atoms with Gasteiger partial charge in [0, 0.05) is 5.56 Å². The second-order valence-corrected chi connectivity index (χ2v) is 10.0. The third kappa shape index (κ3) is 4.38. The summed E-state index contributed by atoms with van der Waals surface area (Å²) in [6, 6.07) is 26.1. The lowest BCUT2D eigenvalue weighted by molar-refractivity contribution is 0.428. The summed E-state index contributed by atoms with van der Waals surface area (Å²) in [4.78, 5) is 4.41. The van der Waals surface area contributed by atoms with Gasteiger partial charge >= 0.3 is 0 Å². The van der Waals surface area contributed by atoms with E-state index in [0.717, 1.165) is 22.3 Å². The largest absolute Gasteiger partial charge is 0.507 e. The minimum atomic E-state index is -0.567. The number of hydrogen-bond donors (Lipinski definition) is 1. The lowest BCUT2D eigenvalue weighted by Crippen LogP contribution is -2.11. The highest BCUT2D eigenvalue weighted by atomic mass is 35.5. The van der Waals surface area contributed by atoms with Gasteiger partial charge < -0.3 is 9.63 Å². The average molecular weight is 499 g/mol. The van der Waals surface area contributed by atoms with Crippen LogP contribution in [0.5, 0.6) is 5.75 Å². The zero-order valence-electron chi connectivity index (χ0n) is 20.1. The molecule has 0 unspecified atom stereocenters. The van der Waals surface area contributed by atoms with E-state index in [0.29, 0.717) is 11.1 Å². The fraction of sp³-hybridized carbons (Fsp3) is 0.133. The van der Waals surface area contributed by atoms with Gasteiger partial charge in [-0.1, -0.05) is 98.2 Å². The number of nitrogens with zero attached hydrogens (tertiary/aromatic N) is 2. The second-order valence-electron chi connectivity index (χ2n) is 9.60. The smallest absolute Gasteiger partial charge is 0.262 e. The Bertz CT molecular complexity index is 1540. The van der Waals surface area contributed by atoms with Crippen molar-refractivity contribution in [1.82, 2.24) is 10.1 Å². The maximum atomic E-state index is 14.5. The van der Waals surface area contributed by atoms with Gasteiger partial charge in [0.1, 0.15) is 11.6 Å². The SMILES string of the molecule is CC(C)(C)c1cc(-c2noc(-c3c(F)cccc3Cl)n2)c(O)c(-c2ccccc2-c2ccccc2)c1. The van der Waals surface area contributed by atoms with Crippen molar-refractivity contribution in [2.75, 3.05) is 0 Å². The van der Waals surface area contributed by atoms with Crippen LogP contribution in [0.1, 0.15) is 26.3 Å². The molecule has 1 N–H and O–H groups in total. The number of aromatic hydroxyl groups is 1. The topological polar surface area (TPSA) is 59.2 Å². The molecule has 0 spiro atoms. The van der Waals surface area contributed by atoms with Crippen molar-refractivity contribution in [2.45, 2.75) is 26.2 Å². The molecule has 0 aliphatic carbocycles. The van der Waals surface area contributed by atoms with E-state index >= 15 is 0 Å². The summed E-state index contributed by atoms with van der Waals surface area (Å²) in [6.07, 6.45) is 0. The van der Waals surface area contributed by atoms with E-state index in [9.17, 15) is 9.50 Å². The van der Waals surface area contributed by atoms with E-state index < -0.39 is 5.82 Å². The molecule has 0 aliphatic heterocycles. The molecule has 4 nitrogen and oxygen atoms in total. The van der Waals surface area contributed by atoms with Gasteiger partial charge in [-0.05, 0) is 51.9 Å². The molecule has 1 heterocycles. The molecule has 0 aliphatic rings. The Labute approximate surface area is 214 Å². The number of halogens is 2. The first-order chi connectivity index (χ1) is 17.2. The molecule has 1 aromatic heterocycles. The van der Waals surface area contributed by atoms with Crippen molar-refractivity contribution >= 4 is 11.6 Å². The van der Waals surface area contributed by atoms with E-state index in [1.165, 1.54) is 12.1 Å². The Kier molecular flexibility index (Phi) is 6.10. The van der Waals surface area contributed by atoms with Crippen molar-refractivity contribution < 1.29 is 14.0 Å². The molecule has 0 atom stereocenters. The van der Waals surface area contributed by atoms with Crippen molar-refractivity contribution in [3.8, 4) is 50.8 Å². The van der Waals surface area contributed by atoms with Crippen LogP contribution in [0.25, 0.3) is 45.1 Å². The zero-order valence-corrected chi connectivity index (χ0v) is 20.8. The lowest BCUT2D eigenvalue weighted by atomic mass is 9.82. The highest BCUT2D eigenvalue weighted by Gasteiger charge is 2.25. The molecular weight excluding hydrogens is 475 g/mol. The van der Waals surface area contributed by atoms with E-state index in [1.807, 2.05) is 66.7 Å². The summed E-state index contributed by atoms with van der Waals surface area (Å²) >= 11 is 6.20. The number of phenols is 1. The Balaban J connectivity index is 1.72. The van der Waals surface area contributed by atoms with Crippen molar-refractivity contribution in [3.05, 3.63) is 101 Å². The molecular formula is C30H24ClFN2O2. The molecule has 0 saturated carbocycles. The normalized spacial score (nSPS) is 11.6. The second kappa shape index (κ2) is 9.25. The van der Waals surface area contributed by atoms with Crippen LogP contribution in [-0.2, 0) is 5.41 Å². The van der Waals surface area contributed by atoms with Gasteiger partial charge in [-0.3, -0.25) is 0 Å². The van der Waals surface area contributed by atoms with Crippen LogP contribution in [-0.4, -0.2) is 15.2 Å². The first kappa shape index (κ1) is 23.8. The van der Waals surface area contributed by atoms with Gasteiger partial charge in [0.25, 0.3) is 5.89 Å². The molecule has 0 fully saturated rings. The van der Waals surface area contributed by atoms with Gasteiger partial charge in [-0.15, -0.1) is 0 Å². The Hall–Kier alpha value is -3.96. The predicted octanol–water partition coefficient (Wildman–Crippen LogP) is 8.53. The number of hydrogen-bond acceptors (Lipinski definition) is 4. The average Bonchev–Trinajstić information content (AvgIpc) is 3.33. The fourth-order valence-corrected chi connectivity index (χ4v) is 4.41. The summed E-state index contributed by atoms with van der Waals surface area (Å²) in [7, 11) is 0. The van der Waals surface area contributed by atoms with Crippen molar-refractivity contribution in [1.29, 1.82) is 0 Å². The summed E-state index contributed by atoms with van der Waals surface area (Å²) in [6.45, 7) is 6.28. The Morgan fingerprint density at radius 3 is 2.17 bits per heavy atom. The molecule has 0 saturated heterocycles. The molecule has 4 aromatic carbocycles. The van der Waals surface area contributed by atoms with Crippen LogP contribution in [0.3, 0.4) is 0 Å². The van der Waals surface area contributed by atoms with Gasteiger partial charge in [-0.25, -0.2) is 4.39 Å². The van der Waals surface area contributed by atoms with Crippen LogP contribution in [0.15, 0.2) is 89.5 Å². The van der Waals surface area contributed by atoms with Gasteiger partial charge in [-0.2, -0.15) is 4.98 Å². The number of aromatic nitrogens is 2. The predicted molar refractivity (Wildman–Crippen MR) is 141 cm³/mol. The number of benzene rings is 4. The lowest BCUT2D eigenvalue weighted by Gasteiger charge is -2.22. The van der Waals surface area contributed by atoms with Crippen molar-refractivity contribution in [2.24, 2.45) is 0 Å². The number of rotatable bonds is 4. The molecule has 0 radical (unpaired) electrons. The van der Waals surface area contributed by atoms with Gasteiger partial charge in [0.15, 0.2) is 0 Å². The molecule has 0 amide bonds.